The predicted molar refractivity (Wildman–Crippen MR) is 104 cm³/mol. The van der Waals surface area contributed by atoms with Crippen LogP contribution in [0.25, 0.3) is 5.76 Å². The number of aliphatic hydroxyl groups excluding tert-OH is 1. The maximum atomic E-state index is 12.8. The van der Waals surface area contributed by atoms with Gasteiger partial charge in [0.2, 0.25) is 0 Å². The van der Waals surface area contributed by atoms with E-state index < -0.39 is 17.7 Å². The molecule has 3 rings (SSSR count). The smallest absolute Gasteiger partial charge is 0.295 e. The molecule has 0 aliphatic carbocycles. The van der Waals surface area contributed by atoms with E-state index >= 15 is 0 Å². The lowest BCUT2D eigenvalue weighted by Gasteiger charge is -2.24. The molecule has 1 fully saturated rings. The number of hydrogen-bond donors (Lipinski definition) is 1. The van der Waals surface area contributed by atoms with Crippen LogP contribution in [-0.2, 0) is 9.59 Å². The highest BCUT2D eigenvalue weighted by atomic mass is 16.5. The van der Waals surface area contributed by atoms with E-state index in [1.54, 1.807) is 36.4 Å². The number of carbonyl (C=O) groups is 2. The second kappa shape index (κ2) is 8.31. The molecular weight excluding hydrogens is 360 g/mol. The first kappa shape index (κ1) is 19.7. The monoisotopic (exact) mass is 384 g/mol. The molecule has 0 saturated carbocycles. The van der Waals surface area contributed by atoms with E-state index in [0.717, 1.165) is 0 Å². The topological polar surface area (TPSA) is 83.2 Å². The first-order valence-corrected chi connectivity index (χ1v) is 9.13. The minimum Gasteiger partial charge on any atom is -0.507 e. The van der Waals surface area contributed by atoms with Gasteiger partial charge in [-0.05, 0) is 45.3 Å². The Labute approximate surface area is 163 Å². The number of likely N-dealkylation sites (tertiary alicyclic amines) is 1. The Kier molecular flexibility index (Phi) is 5.84. The Bertz CT molecular complexity index is 886. The van der Waals surface area contributed by atoms with E-state index in [2.05, 4.69) is 0 Å². The molecule has 7 nitrogen and oxygen atoms in total. The largest absolute Gasteiger partial charge is 0.507 e. The number of ether oxygens (including phenoxy) is 1. The summed E-state index contributed by atoms with van der Waals surface area (Å²) < 4.78 is 11.0. The summed E-state index contributed by atoms with van der Waals surface area (Å²) in [6.45, 7) is 3.24. The second-order valence-corrected chi connectivity index (χ2v) is 6.77. The second-order valence-electron chi connectivity index (χ2n) is 6.77. The third-order valence-electron chi connectivity index (χ3n) is 4.56. The number of likely N-dealkylation sites (N-methyl/N-ethyl adjacent to an activating group) is 1. The predicted octanol–water partition coefficient (Wildman–Crippen LogP) is 2.66. The molecule has 148 valence electrons. The van der Waals surface area contributed by atoms with Gasteiger partial charge in [-0.1, -0.05) is 12.1 Å². The van der Waals surface area contributed by atoms with Crippen LogP contribution in [0.1, 0.15) is 24.3 Å². The zero-order chi connectivity index (χ0) is 20.3. The third-order valence-corrected chi connectivity index (χ3v) is 4.56. The Balaban J connectivity index is 2.08. The lowest BCUT2D eigenvalue weighted by atomic mass is 9.99. The van der Waals surface area contributed by atoms with Gasteiger partial charge in [-0.15, -0.1) is 0 Å². The maximum Gasteiger partial charge on any atom is 0.295 e. The summed E-state index contributed by atoms with van der Waals surface area (Å²) in [6.07, 6.45) is 1.48. The van der Waals surface area contributed by atoms with Crippen molar-refractivity contribution in [3.63, 3.8) is 0 Å². The van der Waals surface area contributed by atoms with Gasteiger partial charge in [0.25, 0.3) is 11.7 Å². The van der Waals surface area contributed by atoms with Crippen molar-refractivity contribution < 1.29 is 23.8 Å². The summed E-state index contributed by atoms with van der Waals surface area (Å²) in [5.74, 6) is -0.609. The number of nitrogens with zero attached hydrogens (tertiary/aromatic N) is 2. The summed E-state index contributed by atoms with van der Waals surface area (Å²) in [7, 11) is 3.77. The Hall–Kier alpha value is -3.06. The molecule has 1 amide bonds. The van der Waals surface area contributed by atoms with Crippen LogP contribution in [0.4, 0.5) is 0 Å². The standard InChI is InChI=1S/C21H24N2O5/c1-4-27-15-8-5-7-14(13-15)19(24)17-18(16-9-6-12-28-16)23(11-10-22(2)3)21(26)20(17)25/h5-9,12-13,18,24H,4,10-11H2,1-3H3. The Morgan fingerprint density at radius 1 is 1.25 bits per heavy atom. The SMILES string of the molecule is CCOc1cccc(C(O)=C2C(=O)C(=O)N(CCN(C)C)C2c2ccco2)c1. The van der Waals surface area contributed by atoms with Crippen molar-refractivity contribution in [2.45, 2.75) is 13.0 Å². The van der Waals surface area contributed by atoms with Crippen LogP contribution in [0.5, 0.6) is 5.75 Å². The average Bonchev–Trinajstić information content (AvgIpc) is 3.28. The molecule has 0 bridgehead atoms. The van der Waals surface area contributed by atoms with E-state index in [4.69, 9.17) is 9.15 Å². The van der Waals surface area contributed by atoms with Crippen LogP contribution >= 0.6 is 0 Å². The molecule has 0 spiro atoms. The van der Waals surface area contributed by atoms with Crippen molar-refractivity contribution in [3.8, 4) is 5.75 Å². The molecule has 28 heavy (non-hydrogen) atoms. The van der Waals surface area contributed by atoms with Crippen molar-refractivity contribution in [3.05, 3.63) is 59.6 Å². The van der Waals surface area contributed by atoms with Gasteiger partial charge in [0.05, 0.1) is 18.4 Å². The van der Waals surface area contributed by atoms with Crippen molar-refractivity contribution in [2.24, 2.45) is 0 Å². The zero-order valence-electron chi connectivity index (χ0n) is 16.2. The van der Waals surface area contributed by atoms with E-state index in [1.807, 2.05) is 25.9 Å². The van der Waals surface area contributed by atoms with Crippen LogP contribution in [-0.4, -0.2) is 60.4 Å². The van der Waals surface area contributed by atoms with Gasteiger partial charge in [-0.3, -0.25) is 9.59 Å². The molecule has 7 heteroatoms. The fraction of sp³-hybridized carbons (Fsp3) is 0.333. The highest BCUT2D eigenvalue weighted by molar-refractivity contribution is 6.46. The lowest BCUT2D eigenvalue weighted by Crippen LogP contribution is -2.35. The summed E-state index contributed by atoms with van der Waals surface area (Å²) in [4.78, 5) is 28.8. The number of carbonyl (C=O) groups excluding carboxylic acids is 2. The summed E-state index contributed by atoms with van der Waals surface area (Å²) >= 11 is 0. The number of amides is 1. The van der Waals surface area contributed by atoms with E-state index in [0.29, 0.717) is 36.8 Å². The third kappa shape index (κ3) is 3.80. The lowest BCUT2D eigenvalue weighted by molar-refractivity contribution is -0.140. The number of furan rings is 1. The van der Waals surface area contributed by atoms with Gasteiger partial charge >= 0.3 is 0 Å². The fourth-order valence-electron chi connectivity index (χ4n) is 3.22. The van der Waals surface area contributed by atoms with Gasteiger partial charge in [0, 0.05) is 18.7 Å². The van der Waals surface area contributed by atoms with Crippen molar-refractivity contribution in [1.29, 1.82) is 0 Å². The minimum atomic E-state index is -0.773. The van der Waals surface area contributed by atoms with Crippen LogP contribution in [0.15, 0.2) is 52.7 Å². The minimum absolute atomic E-state index is 0.0207. The molecule has 1 N–H and O–H groups in total. The average molecular weight is 384 g/mol. The first-order chi connectivity index (χ1) is 13.4. The summed E-state index contributed by atoms with van der Waals surface area (Å²) in [6, 6.07) is 9.42. The summed E-state index contributed by atoms with van der Waals surface area (Å²) in [5.41, 5.74) is 0.431. The molecule has 0 radical (unpaired) electrons. The van der Waals surface area contributed by atoms with Crippen LogP contribution in [0.2, 0.25) is 0 Å². The normalized spacial score (nSPS) is 18.9. The highest BCUT2D eigenvalue weighted by Crippen LogP contribution is 2.39. The number of benzene rings is 1. The van der Waals surface area contributed by atoms with E-state index in [1.165, 1.54) is 11.2 Å². The molecule has 1 atom stereocenters. The molecule has 1 aromatic heterocycles. The Morgan fingerprint density at radius 2 is 2.04 bits per heavy atom. The number of ketones is 1. The molecule has 1 unspecified atom stereocenters. The van der Waals surface area contributed by atoms with Crippen LogP contribution < -0.4 is 4.74 Å². The zero-order valence-corrected chi connectivity index (χ0v) is 16.2. The quantitative estimate of drug-likeness (QED) is 0.449. The van der Waals surface area contributed by atoms with E-state index in [-0.39, 0.29) is 11.3 Å². The van der Waals surface area contributed by atoms with Crippen molar-refractivity contribution in [1.82, 2.24) is 9.80 Å². The molecule has 2 aromatic rings. The molecular formula is C21H24N2O5. The Morgan fingerprint density at radius 3 is 2.68 bits per heavy atom. The van der Waals surface area contributed by atoms with Gasteiger partial charge in [-0.2, -0.15) is 0 Å². The fourth-order valence-corrected chi connectivity index (χ4v) is 3.22. The van der Waals surface area contributed by atoms with Gasteiger partial charge < -0.3 is 24.1 Å². The molecule has 1 aromatic carbocycles. The van der Waals surface area contributed by atoms with Crippen LogP contribution in [0.3, 0.4) is 0 Å². The molecule has 1 saturated heterocycles. The van der Waals surface area contributed by atoms with Gasteiger partial charge in [-0.25, -0.2) is 0 Å². The van der Waals surface area contributed by atoms with Crippen molar-refractivity contribution in [2.75, 3.05) is 33.8 Å². The van der Waals surface area contributed by atoms with Crippen molar-refractivity contribution >= 4 is 17.4 Å². The molecule has 1 aliphatic heterocycles. The molecule has 2 heterocycles. The number of aliphatic hydroxyl groups is 1. The summed E-state index contributed by atoms with van der Waals surface area (Å²) in [5, 5.41) is 10.9. The van der Waals surface area contributed by atoms with Gasteiger partial charge in [0.15, 0.2) is 0 Å². The number of rotatable bonds is 7. The van der Waals surface area contributed by atoms with Crippen LogP contribution in [0, 0.1) is 0 Å². The van der Waals surface area contributed by atoms with E-state index in [9.17, 15) is 14.7 Å². The number of hydrogen-bond acceptors (Lipinski definition) is 6. The molecule has 1 aliphatic rings. The highest BCUT2D eigenvalue weighted by Gasteiger charge is 2.47. The number of Topliss-reactive ketones (excluding diaryl/α,β-unsaturated/α-hetero) is 1. The van der Waals surface area contributed by atoms with Gasteiger partial charge in [0.1, 0.15) is 23.3 Å². The first-order valence-electron chi connectivity index (χ1n) is 9.13. The maximum absolute atomic E-state index is 12.8.